The predicted octanol–water partition coefficient (Wildman–Crippen LogP) is 0.730. The average molecular weight is 159 g/mol. The summed E-state index contributed by atoms with van der Waals surface area (Å²) in [7, 11) is 0. The highest BCUT2D eigenvalue weighted by molar-refractivity contribution is 5.81. The first-order valence-electron chi connectivity index (χ1n) is 3.15. The minimum absolute atomic E-state index is 0.293. The number of nitrogens with zero attached hydrogens (tertiary/aromatic N) is 1. The van der Waals surface area contributed by atoms with Crippen LogP contribution in [0.5, 0.6) is 0 Å². The Labute approximate surface area is 63.8 Å². The van der Waals surface area contributed by atoms with Crippen LogP contribution in [-0.4, -0.2) is 17.5 Å². The SMILES string of the molecule is CCCOC(=O)C=C[N+](=O)[O-]. The lowest BCUT2D eigenvalue weighted by molar-refractivity contribution is -0.402. The molecule has 0 saturated carbocycles. The summed E-state index contributed by atoms with van der Waals surface area (Å²) in [5.74, 6) is -0.677. The average Bonchev–Trinajstić information content (AvgIpc) is 1.97. The highest BCUT2D eigenvalue weighted by atomic mass is 16.6. The van der Waals surface area contributed by atoms with E-state index in [1.165, 1.54) is 0 Å². The maximum atomic E-state index is 10.5. The van der Waals surface area contributed by atoms with Crippen molar-refractivity contribution in [2.45, 2.75) is 13.3 Å². The van der Waals surface area contributed by atoms with Crippen LogP contribution in [0, 0.1) is 10.1 Å². The molecule has 0 aromatic carbocycles. The van der Waals surface area contributed by atoms with Crippen LogP contribution in [0.3, 0.4) is 0 Å². The van der Waals surface area contributed by atoms with E-state index in [0.717, 1.165) is 6.08 Å². The molecule has 0 saturated heterocycles. The number of hydrogen-bond acceptors (Lipinski definition) is 4. The quantitative estimate of drug-likeness (QED) is 0.262. The van der Waals surface area contributed by atoms with Gasteiger partial charge in [0.2, 0.25) is 6.20 Å². The van der Waals surface area contributed by atoms with Crippen molar-refractivity contribution >= 4 is 5.97 Å². The fraction of sp³-hybridized carbons (Fsp3) is 0.500. The molecule has 5 heteroatoms. The topological polar surface area (TPSA) is 69.4 Å². The van der Waals surface area contributed by atoms with E-state index in [1.54, 1.807) is 0 Å². The first-order chi connectivity index (χ1) is 5.16. The van der Waals surface area contributed by atoms with Gasteiger partial charge in [-0.3, -0.25) is 10.1 Å². The molecule has 0 radical (unpaired) electrons. The zero-order chi connectivity index (χ0) is 8.69. The summed E-state index contributed by atoms with van der Waals surface area (Å²) in [6, 6.07) is 0. The third-order valence-electron chi connectivity index (χ3n) is 0.781. The zero-order valence-corrected chi connectivity index (χ0v) is 6.15. The van der Waals surface area contributed by atoms with Crippen LogP contribution in [0.2, 0.25) is 0 Å². The van der Waals surface area contributed by atoms with Crippen LogP contribution < -0.4 is 0 Å². The molecular formula is C6H9NO4. The van der Waals surface area contributed by atoms with E-state index in [-0.39, 0.29) is 0 Å². The van der Waals surface area contributed by atoms with Gasteiger partial charge in [-0.25, -0.2) is 4.79 Å². The molecule has 0 heterocycles. The molecule has 0 atom stereocenters. The van der Waals surface area contributed by atoms with Crippen molar-refractivity contribution in [3.63, 3.8) is 0 Å². The van der Waals surface area contributed by atoms with Crippen molar-refractivity contribution in [2.24, 2.45) is 0 Å². The monoisotopic (exact) mass is 159 g/mol. The molecule has 62 valence electrons. The highest BCUT2D eigenvalue weighted by Crippen LogP contribution is 1.84. The molecule has 0 spiro atoms. The molecule has 0 aliphatic heterocycles. The summed E-state index contributed by atoms with van der Waals surface area (Å²) in [5, 5.41) is 9.69. The first-order valence-corrected chi connectivity index (χ1v) is 3.15. The predicted molar refractivity (Wildman–Crippen MR) is 37.4 cm³/mol. The van der Waals surface area contributed by atoms with Crippen molar-refractivity contribution in [1.82, 2.24) is 0 Å². The number of carbonyl (C=O) groups excluding carboxylic acids is 1. The summed E-state index contributed by atoms with van der Waals surface area (Å²) in [6.07, 6.45) is 2.05. The molecule has 0 aromatic rings. The third-order valence-corrected chi connectivity index (χ3v) is 0.781. The van der Waals surface area contributed by atoms with E-state index in [0.29, 0.717) is 19.2 Å². The maximum absolute atomic E-state index is 10.5. The molecule has 11 heavy (non-hydrogen) atoms. The Morgan fingerprint density at radius 2 is 2.36 bits per heavy atom. The van der Waals surface area contributed by atoms with E-state index in [9.17, 15) is 14.9 Å². The Morgan fingerprint density at radius 3 is 2.82 bits per heavy atom. The summed E-state index contributed by atoms with van der Waals surface area (Å²) in [6.45, 7) is 2.13. The van der Waals surface area contributed by atoms with E-state index in [1.807, 2.05) is 6.92 Å². The Hall–Kier alpha value is -1.39. The van der Waals surface area contributed by atoms with Crippen molar-refractivity contribution in [1.29, 1.82) is 0 Å². The molecule has 0 aliphatic rings. The van der Waals surface area contributed by atoms with Gasteiger partial charge in [-0.15, -0.1) is 0 Å². The lowest BCUT2D eigenvalue weighted by atomic mass is 10.5. The van der Waals surface area contributed by atoms with Gasteiger partial charge in [0.15, 0.2) is 0 Å². The van der Waals surface area contributed by atoms with Crippen LogP contribution in [0.1, 0.15) is 13.3 Å². The number of esters is 1. The molecule has 0 rings (SSSR count). The number of ether oxygens (including phenoxy) is 1. The highest BCUT2D eigenvalue weighted by Gasteiger charge is 1.96. The van der Waals surface area contributed by atoms with Gasteiger partial charge in [-0.05, 0) is 6.42 Å². The lowest BCUT2D eigenvalue weighted by Gasteiger charge is -1.94. The summed E-state index contributed by atoms with van der Waals surface area (Å²) >= 11 is 0. The minimum Gasteiger partial charge on any atom is -0.462 e. The van der Waals surface area contributed by atoms with Gasteiger partial charge >= 0.3 is 5.97 Å². The largest absolute Gasteiger partial charge is 0.462 e. The van der Waals surface area contributed by atoms with Gasteiger partial charge in [0.1, 0.15) is 0 Å². The van der Waals surface area contributed by atoms with Crippen LogP contribution in [0.15, 0.2) is 12.3 Å². The molecule has 0 aromatic heterocycles. The lowest BCUT2D eigenvalue weighted by Crippen LogP contribution is -2.01. The van der Waals surface area contributed by atoms with Crippen LogP contribution in [0.25, 0.3) is 0 Å². The van der Waals surface area contributed by atoms with Gasteiger partial charge in [-0.2, -0.15) is 0 Å². The second-order valence-electron chi connectivity index (χ2n) is 1.77. The Balaban J connectivity index is 3.60. The second kappa shape index (κ2) is 5.40. The molecule has 5 nitrogen and oxygen atoms in total. The molecule has 0 bridgehead atoms. The summed E-state index contributed by atoms with van der Waals surface area (Å²) < 4.78 is 4.51. The number of nitro groups is 1. The molecule has 0 N–H and O–H groups in total. The van der Waals surface area contributed by atoms with Gasteiger partial charge in [0.25, 0.3) is 0 Å². The second-order valence-corrected chi connectivity index (χ2v) is 1.77. The molecular weight excluding hydrogens is 150 g/mol. The van der Waals surface area contributed by atoms with Crippen molar-refractivity contribution in [3.05, 3.63) is 22.4 Å². The van der Waals surface area contributed by atoms with E-state index >= 15 is 0 Å². The number of carbonyl (C=O) groups is 1. The Morgan fingerprint density at radius 1 is 1.73 bits per heavy atom. The van der Waals surface area contributed by atoms with Gasteiger partial charge in [-0.1, -0.05) is 6.92 Å². The zero-order valence-electron chi connectivity index (χ0n) is 6.15. The molecule has 0 amide bonds. The fourth-order valence-corrected chi connectivity index (χ4v) is 0.372. The van der Waals surface area contributed by atoms with Crippen molar-refractivity contribution < 1.29 is 14.5 Å². The van der Waals surface area contributed by atoms with Crippen LogP contribution >= 0.6 is 0 Å². The Bertz CT molecular complexity index is 175. The van der Waals surface area contributed by atoms with E-state index in [2.05, 4.69) is 4.74 Å². The Kier molecular flexibility index (Phi) is 4.72. The molecule has 0 unspecified atom stereocenters. The normalized spacial score (nSPS) is 9.91. The van der Waals surface area contributed by atoms with Crippen LogP contribution in [0.4, 0.5) is 0 Å². The third kappa shape index (κ3) is 6.50. The summed E-state index contributed by atoms with van der Waals surface area (Å²) in [5.41, 5.74) is 0. The first kappa shape index (κ1) is 9.61. The molecule has 0 fully saturated rings. The standard InChI is InChI=1S/C6H9NO4/c1-2-5-11-6(8)3-4-7(9)10/h3-4H,2,5H2,1H3. The van der Waals surface area contributed by atoms with Crippen LogP contribution in [-0.2, 0) is 9.53 Å². The van der Waals surface area contributed by atoms with Gasteiger partial charge in [0.05, 0.1) is 17.6 Å². The number of rotatable bonds is 4. The van der Waals surface area contributed by atoms with Gasteiger partial charge in [0, 0.05) is 0 Å². The smallest absolute Gasteiger partial charge is 0.337 e. The fourth-order valence-electron chi connectivity index (χ4n) is 0.372. The number of hydrogen-bond donors (Lipinski definition) is 0. The van der Waals surface area contributed by atoms with E-state index < -0.39 is 10.9 Å². The van der Waals surface area contributed by atoms with E-state index in [4.69, 9.17) is 0 Å². The molecule has 0 aliphatic carbocycles. The van der Waals surface area contributed by atoms with Crippen molar-refractivity contribution in [3.8, 4) is 0 Å². The maximum Gasteiger partial charge on any atom is 0.337 e. The minimum atomic E-state index is -0.715. The van der Waals surface area contributed by atoms with Crippen molar-refractivity contribution in [2.75, 3.05) is 6.61 Å². The van der Waals surface area contributed by atoms with Gasteiger partial charge < -0.3 is 4.74 Å². The summed E-state index contributed by atoms with van der Waals surface area (Å²) in [4.78, 5) is 19.5.